The minimum absolute atomic E-state index is 0.0299. The molecule has 0 aliphatic heterocycles. The molecule has 3 nitrogen and oxygen atoms in total. The molecule has 0 aromatic carbocycles. The first kappa shape index (κ1) is 10.9. The summed E-state index contributed by atoms with van der Waals surface area (Å²) < 4.78 is 4.87. The highest BCUT2D eigenvalue weighted by molar-refractivity contribution is 4.68. The molecule has 2 N–H and O–H groups in total. The van der Waals surface area contributed by atoms with Crippen LogP contribution in [0.25, 0.3) is 0 Å². The van der Waals surface area contributed by atoms with E-state index in [-0.39, 0.29) is 24.9 Å². The lowest BCUT2D eigenvalue weighted by atomic mass is 9.89. The van der Waals surface area contributed by atoms with E-state index in [1.807, 2.05) is 0 Å². The quantitative estimate of drug-likeness (QED) is 0.600. The van der Waals surface area contributed by atoms with Crippen molar-refractivity contribution >= 4 is 0 Å². The maximum atomic E-state index is 8.78. The van der Waals surface area contributed by atoms with Gasteiger partial charge in [-0.3, -0.25) is 0 Å². The summed E-state index contributed by atoms with van der Waals surface area (Å²) in [5.41, 5.74) is 0.128. The fourth-order valence-corrected chi connectivity index (χ4v) is 0.965. The lowest BCUT2D eigenvalue weighted by Crippen LogP contribution is -2.24. The number of hydrogen-bond donors (Lipinski definition) is 2. The highest BCUT2D eigenvalue weighted by Crippen LogP contribution is 2.21. The van der Waals surface area contributed by atoms with E-state index in [1.165, 1.54) is 0 Å². The molecule has 0 aliphatic rings. The first-order chi connectivity index (χ1) is 4.99. The number of ether oxygens (including phenoxy) is 1. The van der Waals surface area contributed by atoms with Gasteiger partial charge in [0.1, 0.15) is 6.79 Å². The second kappa shape index (κ2) is 4.70. The van der Waals surface area contributed by atoms with E-state index in [9.17, 15) is 0 Å². The van der Waals surface area contributed by atoms with Crippen LogP contribution in [0.5, 0.6) is 0 Å². The predicted octanol–water partition coefficient (Wildman–Crippen LogP) is 0.750. The SMILES string of the molecule is CC(C)(C)CC(CO)OCO. The summed E-state index contributed by atoms with van der Waals surface area (Å²) in [6, 6.07) is 0. The summed E-state index contributed by atoms with van der Waals surface area (Å²) in [6.07, 6.45) is 0.518. The van der Waals surface area contributed by atoms with Crippen LogP contribution in [0.3, 0.4) is 0 Å². The van der Waals surface area contributed by atoms with E-state index in [0.717, 1.165) is 6.42 Å². The molecule has 0 aliphatic carbocycles. The minimum Gasteiger partial charge on any atom is -0.394 e. The molecular formula is C8H18O3. The Kier molecular flexibility index (Phi) is 4.65. The Morgan fingerprint density at radius 2 is 1.82 bits per heavy atom. The van der Waals surface area contributed by atoms with E-state index in [0.29, 0.717) is 0 Å². The summed E-state index contributed by atoms with van der Waals surface area (Å²) in [4.78, 5) is 0. The van der Waals surface area contributed by atoms with Gasteiger partial charge in [0.25, 0.3) is 0 Å². The van der Waals surface area contributed by atoms with Crippen molar-refractivity contribution < 1.29 is 14.9 Å². The Labute approximate surface area is 68.0 Å². The van der Waals surface area contributed by atoms with Crippen LogP contribution in [0.15, 0.2) is 0 Å². The van der Waals surface area contributed by atoms with E-state index in [2.05, 4.69) is 20.8 Å². The lowest BCUT2D eigenvalue weighted by Gasteiger charge is -2.23. The van der Waals surface area contributed by atoms with E-state index in [1.54, 1.807) is 0 Å². The van der Waals surface area contributed by atoms with E-state index < -0.39 is 0 Å². The van der Waals surface area contributed by atoms with Crippen molar-refractivity contribution in [3.63, 3.8) is 0 Å². The summed E-state index contributed by atoms with van der Waals surface area (Å²) in [6.45, 7) is 5.85. The van der Waals surface area contributed by atoms with Gasteiger partial charge in [0.05, 0.1) is 12.7 Å². The topological polar surface area (TPSA) is 49.7 Å². The van der Waals surface area contributed by atoms with Crippen LogP contribution < -0.4 is 0 Å². The third kappa shape index (κ3) is 6.28. The van der Waals surface area contributed by atoms with Crippen molar-refractivity contribution in [2.24, 2.45) is 5.41 Å². The molecule has 68 valence electrons. The summed E-state index contributed by atoms with van der Waals surface area (Å²) >= 11 is 0. The fraction of sp³-hybridized carbons (Fsp3) is 1.00. The zero-order valence-electron chi connectivity index (χ0n) is 7.50. The maximum Gasteiger partial charge on any atom is 0.144 e. The van der Waals surface area contributed by atoms with E-state index >= 15 is 0 Å². The first-order valence-corrected chi connectivity index (χ1v) is 3.83. The second-order valence-electron chi connectivity index (χ2n) is 3.87. The average Bonchev–Trinajstić information content (AvgIpc) is 1.84. The Morgan fingerprint density at radius 3 is 2.09 bits per heavy atom. The molecule has 0 aromatic heterocycles. The van der Waals surface area contributed by atoms with Crippen LogP contribution in [-0.2, 0) is 4.74 Å². The Morgan fingerprint density at radius 1 is 1.27 bits per heavy atom. The van der Waals surface area contributed by atoms with Crippen LogP contribution >= 0.6 is 0 Å². The minimum atomic E-state index is -0.318. The summed E-state index contributed by atoms with van der Waals surface area (Å²) in [5.74, 6) is 0. The largest absolute Gasteiger partial charge is 0.394 e. The monoisotopic (exact) mass is 162 g/mol. The molecule has 1 unspecified atom stereocenters. The van der Waals surface area contributed by atoms with Crippen molar-refractivity contribution in [1.82, 2.24) is 0 Å². The van der Waals surface area contributed by atoms with Crippen molar-refractivity contribution in [3.05, 3.63) is 0 Å². The van der Waals surface area contributed by atoms with Crippen LogP contribution in [0.1, 0.15) is 27.2 Å². The first-order valence-electron chi connectivity index (χ1n) is 3.83. The number of aliphatic hydroxyl groups excluding tert-OH is 2. The van der Waals surface area contributed by atoms with Crippen LogP contribution in [0.2, 0.25) is 0 Å². The van der Waals surface area contributed by atoms with Gasteiger partial charge in [0, 0.05) is 0 Å². The van der Waals surface area contributed by atoms with Gasteiger partial charge < -0.3 is 14.9 Å². The van der Waals surface area contributed by atoms with Gasteiger partial charge in [-0.05, 0) is 11.8 Å². The molecule has 0 rings (SSSR count). The summed E-state index contributed by atoms with van der Waals surface area (Å²) in [7, 11) is 0. The highest BCUT2D eigenvalue weighted by atomic mass is 16.6. The Bertz CT molecular complexity index is 96.0. The Hall–Kier alpha value is -0.120. The average molecular weight is 162 g/mol. The molecule has 0 aromatic rings. The second-order valence-corrected chi connectivity index (χ2v) is 3.87. The van der Waals surface area contributed by atoms with Crippen molar-refractivity contribution in [2.45, 2.75) is 33.3 Å². The predicted molar refractivity (Wildman–Crippen MR) is 43.1 cm³/mol. The highest BCUT2D eigenvalue weighted by Gasteiger charge is 2.17. The van der Waals surface area contributed by atoms with Crippen LogP contribution in [0.4, 0.5) is 0 Å². The molecule has 0 radical (unpaired) electrons. The van der Waals surface area contributed by atoms with Gasteiger partial charge in [0.15, 0.2) is 0 Å². The maximum absolute atomic E-state index is 8.78. The molecule has 0 saturated carbocycles. The van der Waals surface area contributed by atoms with Gasteiger partial charge >= 0.3 is 0 Å². The zero-order chi connectivity index (χ0) is 8.91. The molecule has 0 bridgehead atoms. The zero-order valence-corrected chi connectivity index (χ0v) is 7.50. The number of rotatable bonds is 4. The number of hydrogen-bond acceptors (Lipinski definition) is 3. The Balaban J connectivity index is 3.68. The molecule has 0 fully saturated rings. The molecular weight excluding hydrogens is 144 g/mol. The van der Waals surface area contributed by atoms with Gasteiger partial charge in [-0.15, -0.1) is 0 Å². The van der Waals surface area contributed by atoms with Crippen molar-refractivity contribution in [1.29, 1.82) is 0 Å². The fourth-order valence-electron chi connectivity index (χ4n) is 0.965. The van der Waals surface area contributed by atoms with E-state index in [4.69, 9.17) is 14.9 Å². The third-order valence-corrected chi connectivity index (χ3v) is 1.35. The molecule has 0 amide bonds. The molecule has 3 heteroatoms. The van der Waals surface area contributed by atoms with Crippen molar-refractivity contribution in [3.8, 4) is 0 Å². The molecule has 1 atom stereocenters. The summed E-state index contributed by atoms with van der Waals surface area (Å²) in [5, 5.41) is 17.2. The molecule has 0 heterocycles. The molecule has 0 saturated heterocycles. The van der Waals surface area contributed by atoms with Crippen LogP contribution in [-0.4, -0.2) is 29.7 Å². The lowest BCUT2D eigenvalue weighted by molar-refractivity contribution is -0.0814. The smallest absolute Gasteiger partial charge is 0.144 e. The normalized spacial score (nSPS) is 15.0. The molecule has 11 heavy (non-hydrogen) atoms. The van der Waals surface area contributed by atoms with Gasteiger partial charge in [0.2, 0.25) is 0 Å². The van der Waals surface area contributed by atoms with Gasteiger partial charge in [-0.2, -0.15) is 0 Å². The van der Waals surface area contributed by atoms with Crippen molar-refractivity contribution in [2.75, 3.05) is 13.4 Å². The standard InChI is InChI=1S/C8H18O3/c1-8(2,3)4-7(5-9)11-6-10/h7,9-10H,4-6H2,1-3H3. The molecule has 0 spiro atoms. The van der Waals surface area contributed by atoms with Crippen LogP contribution in [0, 0.1) is 5.41 Å². The van der Waals surface area contributed by atoms with Gasteiger partial charge in [-0.25, -0.2) is 0 Å². The number of aliphatic hydroxyl groups is 2. The third-order valence-electron chi connectivity index (χ3n) is 1.35. The van der Waals surface area contributed by atoms with Gasteiger partial charge in [-0.1, -0.05) is 20.8 Å².